The third-order valence-electron chi connectivity index (χ3n) is 3.93. The highest BCUT2D eigenvalue weighted by molar-refractivity contribution is 9.10. The van der Waals surface area contributed by atoms with E-state index in [1.807, 2.05) is 18.2 Å². The van der Waals surface area contributed by atoms with Gasteiger partial charge in [0.1, 0.15) is 5.75 Å². The standard InChI is InChI=1S/C16H22BrNO3/c1-21-15-8-6-11(10-12(15)17)7-9-16(20)18-13-4-2-3-5-14(13)19/h6,8,10,13-14,19H,2-5,7,9H2,1H3,(H,18,20)/t13-,14-/m1/s1. The molecule has 2 N–H and O–H groups in total. The van der Waals surface area contributed by atoms with Crippen molar-refractivity contribution in [2.24, 2.45) is 0 Å². The maximum atomic E-state index is 12.0. The summed E-state index contributed by atoms with van der Waals surface area (Å²) in [5.41, 5.74) is 1.09. The molecule has 1 aromatic carbocycles. The summed E-state index contributed by atoms with van der Waals surface area (Å²) in [4.78, 5) is 12.0. The van der Waals surface area contributed by atoms with Crippen molar-refractivity contribution in [1.82, 2.24) is 5.32 Å². The lowest BCUT2D eigenvalue weighted by molar-refractivity contribution is -0.123. The predicted molar refractivity (Wildman–Crippen MR) is 85.4 cm³/mol. The van der Waals surface area contributed by atoms with E-state index in [2.05, 4.69) is 21.2 Å². The SMILES string of the molecule is COc1ccc(CCC(=O)N[C@@H]2CCCC[C@H]2O)cc1Br. The summed E-state index contributed by atoms with van der Waals surface area (Å²) in [5.74, 6) is 0.793. The molecule has 0 unspecified atom stereocenters. The monoisotopic (exact) mass is 355 g/mol. The van der Waals surface area contributed by atoms with E-state index >= 15 is 0 Å². The average Bonchev–Trinajstić information content (AvgIpc) is 2.48. The molecule has 1 aromatic rings. The van der Waals surface area contributed by atoms with E-state index in [0.717, 1.165) is 41.5 Å². The number of hydrogen-bond acceptors (Lipinski definition) is 3. The van der Waals surface area contributed by atoms with Gasteiger partial charge in [0, 0.05) is 6.42 Å². The van der Waals surface area contributed by atoms with Gasteiger partial charge in [-0.1, -0.05) is 18.9 Å². The summed E-state index contributed by atoms with van der Waals surface area (Å²) < 4.78 is 6.08. The molecule has 1 aliphatic carbocycles. The largest absolute Gasteiger partial charge is 0.496 e. The van der Waals surface area contributed by atoms with Crippen molar-refractivity contribution in [3.63, 3.8) is 0 Å². The Balaban J connectivity index is 1.82. The van der Waals surface area contributed by atoms with E-state index in [-0.39, 0.29) is 11.9 Å². The lowest BCUT2D eigenvalue weighted by Crippen LogP contribution is -2.45. The Labute approximate surface area is 134 Å². The van der Waals surface area contributed by atoms with Crippen LogP contribution in [0.15, 0.2) is 22.7 Å². The number of ether oxygens (including phenoxy) is 1. The number of benzene rings is 1. The smallest absolute Gasteiger partial charge is 0.220 e. The summed E-state index contributed by atoms with van der Waals surface area (Å²) in [7, 11) is 1.63. The Morgan fingerprint density at radius 2 is 2.19 bits per heavy atom. The van der Waals surface area contributed by atoms with Crippen molar-refractivity contribution in [2.45, 2.75) is 50.7 Å². The highest BCUT2D eigenvalue weighted by atomic mass is 79.9. The molecule has 1 aliphatic rings. The molecule has 2 atom stereocenters. The van der Waals surface area contributed by atoms with Crippen LogP contribution in [0.4, 0.5) is 0 Å². The van der Waals surface area contributed by atoms with Gasteiger partial charge in [-0.25, -0.2) is 0 Å². The Morgan fingerprint density at radius 3 is 2.86 bits per heavy atom. The van der Waals surface area contributed by atoms with Crippen LogP contribution in [0.2, 0.25) is 0 Å². The van der Waals surface area contributed by atoms with E-state index in [1.54, 1.807) is 7.11 Å². The quantitative estimate of drug-likeness (QED) is 0.853. The minimum atomic E-state index is -0.391. The number of halogens is 1. The third kappa shape index (κ3) is 4.71. The summed E-state index contributed by atoms with van der Waals surface area (Å²) in [6, 6.07) is 5.75. The number of methoxy groups -OCH3 is 1. The maximum Gasteiger partial charge on any atom is 0.220 e. The summed E-state index contributed by atoms with van der Waals surface area (Å²) in [6.45, 7) is 0. The lowest BCUT2D eigenvalue weighted by Gasteiger charge is -2.28. The van der Waals surface area contributed by atoms with Crippen molar-refractivity contribution in [3.8, 4) is 5.75 Å². The number of hydrogen-bond donors (Lipinski definition) is 2. The van der Waals surface area contributed by atoms with Crippen LogP contribution >= 0.6 is 15.9 Å². The molecule has 0 spiro atoms. The highest BCUT2D eigenvalue weighted by Crippen LogP contribution is 2.26. The van der Waals surface area contributed by atoms with E-state index in [4.69, 9.17) is 4.74 Å². The third-order valence-corrected chi connectivity index (χ3v) is 4.55. The molecule has 0 aromatic heterocycles. The van der Waals surface area contributed by atoms with Crippen molar-refractivity contribution < 1.29 is 14.6 Å². The van der Waals surface area contributed by atoms with Gasteiger partial charge in [0.05, 0.1) is 23.7 Å². The molecule has 21 heavy (non-hydrogen) atoms. The fourth-order valence-corrected chi connectivity index (χ4v) is 3.27. The molecule has 5 heteroatoms. The van der Waals surface area contributed by atoms with Crippen molar-refractivity contribution >= 4 is 21.8 Å². The van der Waals surface area contributed by atoms with Crippen molar-refractivity contribution in [3.05, 3.63) is 28.2 Å². The lowest BCUT2D eigenvalue weighted by atomic mass is 9.92. The van der Waals surface area contributed by atoms with Gasteiger partial charge in [0.15, 0.2) is 0 Å². The Kier molecular flexibility index (Phi) is 6.06. The molecule has 2 rings (SSSR count). The van der Waals surface area contributed by atoms with Gasteiger partial charge in [-0.3, -0.25) is 4.79 Å². The minimum absolute atomic E-state index is 0.00731. The van der Waals surface area contributed by atoms with E-state index < -0.39 is 6.10 Å². The zero-order valence-electron chi connectivity index (χ0n) is 12.3. The number of carbonyl (C=O) groups excluding carboxylic acids is 1. The van der Waals surface area contributed by atoms with Gasteiger partial charge in [0.2, 0.25) is 5.91 Å². The summed E-state index contributed by atoms with van der Waals surface area (Å²) in [5, 5.41) is 12.8. The van der Waals surface area contributed by atoms with Crippen LogP contribution in [0, 0.1) is 0 Å². The van der Waals surface area contributed by atoms with E-state index in [0.29, 0.717) is 12.8 Å². The van der Waals surface area contributed by atoms with Crippen molar-refractivity contribution in [2.75, 3.05) is 7.11 Å². The highest BCUT2D eigenvalue weighted by Gasteiger charge is 2.24. The van der Waals surface area contributed by atoms with Crippen LogP contribution in [0.25, 0.3) is 0 Å². The number of aliphatic hydroxyl groups excluding tert-OH is 1. The first-order valence-corrected chi connectivity index (χ1v) is 8.19. The number of carbonyl (C=O) groups is 1. The first-order valence-electron chi connectivity index (χ1n) is 7.40. The van der Waals surface area contributed by atoms with Gasteiger partial charge >= 0.3 is 0 Å². The fourth-order valence-electron chi connectivity index (χ4n) is 2.68. The molecular formula is C16H22BrNO3. The predicted octanol–water partition coefficient (Wildman–Crippen LogP) is 2.81. The molecule has 1 saturated carbocycles. The number of rotatable bonds is 5. The zero-order valence-corrected chi connectivity index (χ0v) is 13.9. The zero-order chi connectivity index (χ0) is 15.2. The van der Waals surface area contributed by atoms with Gasteiger partial charge in [-0.2, -0.15) is 0 Å². The normalized spacial score (nSPS) is 21.9. The number of amides is 1. The molecule has 0 saturated heterocycles. The second kappa shape index (κ2) is 7.80. The Bertz CT molecular complexity index is 492. The van der Waals surface area contributed by atoms with E-state index in [9.17, 15) is 9.90 Å². The molecular weight excluding hydrogens is 334 g/mol. The molecule has 4 nitrogen and oxygen atoms in total. The van der Waals surface area contributed by atoms with E-state index in [1.165, 1.54) is 0 Å². The molecule has 0 heterocycles. The van der Waals surface area contributed by atoms with Crippen LogP contribution in [0.5, 0.6) is 5.75 Å². The van der Waals surface area contributed by atoms with Gasteiger partial charge in [-0.05, 0) is 52.9 Å². The van der Waals surface area contributed by atoms with Crippen LogP contribution in [0.3, 0.4) is 0 Å². The molecule has 1 amide bonds. The molecule has 0 aliphatic heterocycles. The number of nitrogens with one attached hydrogen (secondary N) is 1. The number of aliphatic hydroxyl groups is 1. The fraction of sp³-hybridized carbons (Fsp3) is 0.562. The van der Waals surface area contributed by atoms with Crippen molar-refractivity contribution in [1.29, 1.82) is 0 Å². The van der Waals surface area contributed by atoms with Crippen LogP contribution < -0.4 is 10.1 Å². The molecule has 1 fully saturated rings. The number of aryl methyl sites for hydroxylation is 1. The molecule has 116 valence electrons. The second-order valence-corrected chi connectivity index (χ2v) is 6.35. The first-order chi connectivity index (χ1) is 10.1. The van der Waals surface area contributed by atoms with Gasteiger partial charge < -0.3 is 15.2 Å². The first kappa shape index (κ1) is 16.3. The van der Waals surface area contributed by atoms with Crippen LogP contribution in [-0.2, 0) is 11.2 Å². The second-order valence-electron chi connectivity index (χ2n) is 5.49. The maximum absolute atomic E-state index is 12.0. The van der Waals surface area contributed by atoms with Crippen LogP contribution in [-0.4, -0.2) is 30.3 Å². The van der Waals surface area contributed by atoms with Gasteiger partial charge in [0.25, 0.3) is 0 Å². The summed E-state index contributed by atoms with van der Waals surface area (Å²) in [6.07, 6.45) is 4.51. The molecule has 0 radical (unpaired) electrons. The Morgan fingerprint density at radius 1 is 1.43 bits per heavy atom. The minimum Gasteiger partial charge on any atom is -0.496 e. The average molecular weight is 356 g/mol. The van der Waals surface area contributed by atoms with Crippen LogP contribution in [0.1, 0.15) is 37.7 Å². The Hall–Kier alpha value is -1.07. The molecule has 0 bridgehead atoms. The topological polar surface area (TPSA) is 58.6 Å². The van der Waals surface area contributed by atoms with Gasteiger partial charge in [-0.15, -0.1) is 0 Å². The summed E-state index contributed by atoms with van der Waals surface area (Å²) >= 11 is 3.44.